The first kappa shape index (κ1) is 17.8. The van der Waals surface area contributed by atoms with Crippen LogP contribution < -0.4 is 15.4 Å². The Bertz CT molecular complexity index is 987. The van der Waals surface area contributed by atoms with Gasteiger partial charge < -0.3 is 25.4 Å². The maximum absolute atomic E-state index is 13.1. The van der Waals surface area contributed by atoms with Crippen LogP contribution in [-0.4, -0.2) is 35.6 Å². The second-order valence-corrected chi connectivity index (χ2v) is 6.64. The summed E-state index contributed by atoms with van der Waals surface area (Å²) in [5.41, 5.74) is 2.38. The van der Waals surface area contributed by atoms with Gasteiger partial charge in [0.15, 0.2) is 11.5 Å². The fraction of sp³-hybridized carbons (Fsp3) is 0.200. The van der Waals surface area contributed by atoms with Crippen molar-refractivity contribution in [1.29, 1.82) is 0 Å². The molecule has 2 heterocycles. The van der Waals surface area contributed by atoms with Crippen LogP contribution in [0.1, 0.15) is 17.2 Å². The van der Waals surface area contributed by atoms with E-state index in [2.05, 4.69) is 10.6 Å². The predicted octanol–water partition coefficient (Wildman–Crippen LogP) is 2.19. The molecule has 2 aromatic rings. The van der Waals surface area contributed by atoms with E-state index in [0.29, 0.717) is 23.4 Å². The maximum Gasteiger partial charge on any atom is 0.319 e. The summed E-state index contributed by atoms with van der Waals surface area (Å²) < 4.78 is 18.2. The number of phenols is 1. The Labute approximate surface area is 160 Å². The predicted molar refractivity (Wildman–Crippen MR) is 97.9 cm³/mol. The Balaban J connectivity index is 1.63. The summed E-state index contributed by atoms with van der Waals surface area (Å²) in [6.45, 7) is 0.554. The minimum Gasteiger partial charge on any atom is -0.504 e. The van der Waals surface area contributed by atoms with Crippen LogP contribution in [0.25, 0.3) is 0 Å². The molecule has 28 heavy (non-hydrogen) atoms. The van der Waals surface area contributed by atoms with Crippen LogP contribution >= 0.6 is 0 Å². The van der Waals surface area contributed by atoms with Gasteiger partial charge in [0.05, 0.1) is 31.0 Å². The average Bonchev–Trinajstić information content (AvgIpc) is 2.98. The third-order valence-electron chi connectivity index (χ3n) is 4.84. The fourth-order valence-electron chi connectivity index (χ4n) is 3.49. The van der Waals surface area contributed by atoms with E-state index in [0.717, 1.165) is 5.56 Å². The Morgan fingerprint density at radius 1 is 1.21 bits per heavy atom. The zero-order chi connectivity index (χ0) is 19.8. The van der Waals surface area contributed by atoms with Crippen molar-refractivity contribution in [2.24, 2.45) is 0 Å². The lowest BCUT2D eigenvalue weighted by molar-refractivity contribution is -0.126. The van der Waals surface area contributed by atoms with Crippen molar-refractivity contribution in [3.63, 3.8) is 0 Å². The van der Waals surface area contributed by atoms with Crippen molar-refractivity contribution in [3.05, 3.63) is 70.7 Å². The van der Waals surface area contributed by atoms with Crippen LogP contribution in [0.2, 0.25) is 0 Å². The molecule has 0 unspecified atom stereocenters. The highest BCUT2D eigenvalue weighted by Crippen LogP contribution is 2.36. The lowest BCUT2D eigenvalue weighted by Gasteiger charge is -2.26. The maximum atomic E-state index is 13.1. The van der Waals surface area contributed by atoms with E-state index in [1.807, 2.05) is 0 Å². The number of amides is 3. The van der Waals surface area contributed by atoms with Gasteiger partial charge in [0.2, 0.25) is 0 Å². The summed E-state index contributed by atoms with van der Waals surface area (Å²) in [4.78, 5) is 26.7. The van der Waals surface area contributed by atoms with E-state index in [1.54, 1.807) is 29.2 Å². The van der Waals surface area contributed by atoms with Crippen LogP contribution in [0.15, 0.2) is 53.7 Å². The molecule has 3 N–H and O–H groups in total. The third kappa shape index (κ3) is 3.13. The van der Waals surface area contributed by atoms with Crippen molar-refractivity contribution >= 4 is 11.9 Å². The van der Waals surface area contributed by atoms with Crippen molar-refractivity contribution in [2.75, 3.05) is 13.7 Å². The normalized spacial score (nSPS) is 18.6. The first-order valence-electron chi connectivity index (χ1n) is 8.67. The highest BCUT2D eigenvalue weighted by Gasteiger charge is 2.40. The molecule has 0 saturated carbocycles. The van der Waals surface area contributed by atoms with E-state index < -0.39 is 12.1 Å². The first-order valence-corrected chi connectivity index (χ1v) is 8.67. The molecule has 7 nitrogen and oxygen atoms in total. The number of carbonyl (C=O) groups excluding carboxylic acids is 2. The molecule has 0 aliphatic carbocycles. The molecule has 0 saturated heterocycles. The van der Waals surface area contributed by atoms with Gasteiger partial charge in [-0.25, -0.2) is 9.18 Å². The number of hydrogen-bond donors (Lipinski definition) is 3. The lowest BCUT2D eigenvalue weighted by atomic mass is 9.96. The number of hydrogen-bond acceptors (Lipinski definition) is 4. The summed E-state index contributed by atoms with van der Waals surface area (Å²) in [5.74, 6) is -0.340. The molecule has 2 aromatic carbocycles. The SMILES string of the molecule is COc1cc([C@@H]2NC(=O)NC3=C2C(=O)N(Cc2ccc(F)cc2)C3)ccc1O. The van der Waals surface area contributed by atoms with E-state index in [1.165, 1.54) is 25.3 Å². The van der Waals surface area contributed by atoms with Crippen molar-refractivity contribution < 1.29 is 23.8 Å². The summed E-state index contributed by atoms with van der Waals surface area (Å²) in [5, 5.41) is 15.3. The van der Waals surface area contributed by atoms with Gasteiger partial charge in [0.25, 0.3) is 5.91 Å². The number of urea groups is 1. The number of halogens is 1. The van der Waals surface area contributed by atoms with Gasteiger partial charge in [0, 0.05) is 6.54 Å². The zero-order valence-electron chi connectivity index (χ0n) is 15.0. The van der Waals surface area contributed by atoms with E-state index in [4.69, 9.17) is 4.74 Å². The molecule has 144 valence electrons. The largest absolute Gasteiger partial charge is 0.504 e. The Morgan fingerprint density at radius 2 is 1.96 bits per heavy atom. The third-order valence-corrected chi connectivity index (χ3v) is 4.84. The molecule has 0 aromatic heterocycles. The second kappa shape index (κ2) is 6.88. The van der Waals surface area contributed by atoms with Gasteiger partial charge in [0.1, 0.15) is 5.82 Å². The summed E-state index contributed by atoms with van der Waals surface area (Å²) in [6, 6.07) is 9.55. The van der Waals surface area contributed by atoms with Gasteiger partial charge >= 0.3 is 6.03 Å². The minimum absolute atomic E-state index is 0.0311. The van der Waals surface area contributed by atoms with Crippen LogP contribution in [0.5, 0.6) is 11.5 Å². The molecule has 0 radical (unpaired) electrons. The molecule has 2 aliphatic heterocycles. The number of carbonyl (C=O) groups is 2. The number of aromatic hydroxyl groups is 1. The molecule has 4 rings (SSSR count). The van der Waals surface area contributed by atoms with E-state index in [9.17, 15) is 19.1 Å². The Kier molecular flexibility index (Phi) is 4.38. The number of rotatable bonds is 4. The lowest BCUT2D eigenvalue weighted by Crippen LogP contribution is -2.44. The average molecular weight is 383 g/mol. The number of benzene rings is 2. The van der Waals surface area contributed by atoms with Crippen LogP contribution in [0.4, 0.5) is 9.18 Å². The minimum atomic E-state index is -0.663. The molecule has 0 fully saturated rings. The zero-order valence-corrected chi connectivity index (χ0v) is 15.0. The number of ether oxygens (including phenoxy) is 1. The van der Waals surface area contributed by atoms with Crippen molar-refractivity contribution in [2.45, 2.75) is 12.6 Å². The highest BCUT2D eigenvalue weighted by atomic mass is 19.1. The number of methoxy groups -OCH3 is 1. The molecule has 3 amide bonds. The van der Waals surface area contributed by atoms with Gasteiger partial charge in [-0.15, -0.1) is 0 Å². The number of nitrogens with one attached hydrogen (secondary N) is 2. The standard InChI is InChI=1S/C20H18FN3O4/c1-28-16-8-12(4-7-15(16)25)18-17-14(22-20(27)23-18)10-24(19(17)26)9-11-2-5-13(21)6-3-11/h2-8,18,25H,9-10H2,1H3,(H2,22,23,27)/t18-/m0/s1. The van der Waals surface area contributed by atoms with Crippen molar-refractivity contribution in [1.82, 2.24) is 15.5 Å². The van der Waals surface area contributed by atoms with E-state index in [-0.39, 0.29) is 29.8 Å². The van der Waals surface area contributed by atoms with Gasteiger partial charge in [-0.3, -0.25) is 4.79 Å². The Morgan fingerprint density at radius 3 is 2.68 bits per heavy atom. The quantitative estimate of drug-likeness (QED) is 0.755. The topological polar surface area (TPSA) is 90.9 Å². The summed E-state index contributed by atoms with van der Waals surface area (Å²) in [6.07, 6.45) is 0. The molecular formula is C20H18FN3O4. The van der Waals surface area contributed by atoms with Crippen LogP contribution in [0.3, 0.4) is 0 Å². The monoisotopic (exact) mass is 383 g/mol. The second-order valence-electron chi connectivity index (χ2n) is 6.64. The Hall–Kier alpha value is -3.55. The fourth-order valence-corrected chi connectivity index (χ4v) is 3.49. The van der Waals surface area contributed by atoms with Crippen molar-refractivity contribution in [3.8, 4) is 11.5 Å². The van der Waals surface area contributed by atoms with Gasteiger partial charge in [-0.1, -0.05) is 18.2 Å². The highest BCUT2D eigenvalue weighted by molar-refractivity contribution is 6.01. The molecule has 2 aliphatic rings. The van der Waals surface area contributed by atoms with Gasteiger partial charge in [-0.2, -0.15) is 0 Å². The van der Waals surface area contributed by atoms with Gasteiger partial charge in [-0.05, 0) is 35.4 Å². The first-order chi connectivity index (χ1) is 13.5. The van der Waals surface area contributed by atoms with Crippen LogP contribution in [0, 0.1) is 5.82 Å². The smallest absolute Gasteiger partial charge is 0.319 e. The van der Waals surface area contributed by atoms with Crippen LogP contribution in [-0.2, 0) is 11.3 Å². The number of phenolic OH excluding ortho intramolecular Hbond substituents is 1. The molecule has 0 spiro atoms. The molecule has 1 atom stereocenters. The summed E-state index contributed by atoms with van der Waals surface area (Å²) >= 11 is 0. The molecule has 8 heteroatoms. The molecular weight excluding hydrogens is 365 g/mol. The summed E-state index contributed by atoms with van der Waals surface area (Å²) in [7, 11) is 1.43. The number of nitrogens with zero attached hydrogens (tertiary/aromatic N) is 1. The van der Waals surface area contributed by atoms with E-state index >= 15 is 0 Å². The molecule has 0 bridgehead atoms.